The van der Waals surface area contributed by atoms with Crippen LogP contribution in [0.1, 0.15) is 26.2 Å². The highest BCUT2D eigenvalue weighted by Gasteiger charge is 2.10. The van der Waals surface area contributed by atoms with E-state index in [1.54, 1.807) is 14.2 Å². The Morgan fingerprint density at radius 2 is 2.13 bits per heavy atom. The van der Waals surface area contributed by atoms with Gasteiger partial charge in [-0.1, -0.05) is 19.8 Å². The van der Waals surface area contributed by atoms with Gasteiger partial charge in [0.2, 0.25) is 5.91 Å². The first-order chi connectivity index (χ1) is 6.74. The van der Waals surface area contributed by atoms with Crippen LogP contribution < -0.4 is 10.6 Å². The van der Waals surface area contributed by atoms with Crippen molar-refractivity contribution < 1.29 is 9.53 Å². The number of carbonyl (C=O) groups is 1. The molecule has 0 aliphatic carbocycles. The van der Waals surface area contributed by atoms with E-state index in [-0.39, 0.29) is 24.4 Å². The van der Waals surface area contributed by atoms with Gasteiger partial charge in [-0.25, -0.2) is 0 Å². The molecule has 0 rings (SSSR count). The summed E-state index contributed by atoms with van der Waals surface area (Å²) in [4.78, 5) is 11.3. The molecule has 0 saturated carbocycles. The monoisotopic (exact) mass is 238 g/mol. The Morgan fingerprint density at radius 3 is 2.60 bits per heavy atom. The lowest BCUT2D eigenvalue weighted by molar-refractivity contribution is -0.121. The Labute approximate surface area is 98.6 Å². The fraction of sp³-hybridized carbons (Fsp3) is 0.900. The van der Waals surface area contributed by atoms with E-state index in [9.17, 15) is 4.79 Å². The highest BCUT2D eigenvalue weighted by molar-refractivity contribution is 5.85. The zero-order valence-corrected chi connectivity index (χ0v) is 10.7. The fourth-order valence-electron chi connectivity index (χ4n) is 1.29. The first-order valence-electron chi connectivity index (χ1n) is 5.17. The lowest BCUT2D eigenvalue weighted by Crippen LogP contribution is -2.41. The minimum Gasteiger partial charge on any atom is -0.383 e. The van der Waals surface area contributed by atoms with Gasteiger partial charge in [0.05, 0.1) is 19.2 Å². The normalized spacial score (nSPS) is 11.7. The molecule has 2 N–H and O–H groups in total. The SMILES string of the molecule is CCCCC(COC)NC(=O)CNC.Cl. The van der Waals surface area contributed by atoms with Crippen molar-refractivity contribution in [2.45, 2.75) is 32.2 Å². The molecule has 0 saturated heterocycles. The summed E-state index contributed by atoms with van der Waals surface area (Å²) in [7, 11) is 3.42. The Morgan fingerprint density at radius 1 is 1.47 bits per heavy atom. The number of rotatable bonds is 8. The van der Waals surface area contributed by atoms with Gasteiger partial charge in [0.1, 0.15) is 0 Å². The Kier molecular flexibility index (Phi) is 13.4. The molecule has 0 aromatic rings. The van der Waals surface area contributed by atoms with Crippen LogP contribution in [0.5, 0.6) is 0 Å². The minimum atomic E-state index is 0. The van der Waals surface area contributed by atoms with Crippen molar-refractivity contribution in [2.24, 2.45) is 0 Å². The molecule has 0 radical (unpaired) electrons. The van der Waals surface area contributed by atoms with Crippen LogP contribution in [0.25, 0.3) is 0 Å². The maximum absolute atomic E-state index is 11.3. The molecule has 1 amide bonds. The number of ether oxygens (including phenoxy) is 1. The van der Waals surface area contributed by atoms with Crippen molar-refractivity contribution >= 4 is 18.3 Å². The fourth-order valence-corrected chi connectivity index (χ4v) is 1.29. The molecule has 92 valence electrons. The summed E-state index contributed by atoms with van der Waals surface area (Å²) in [6, 6.07) is 0.154. The largest absolute Gasteiger partial charge is 0.383 e. The van der Waals surface area contributed by atoms with Crippen LogP contribution in [0, 0.1) is 0 Å². The molecule has 5 heteroatoms. The third kappa shape index (κ3) is 9.97. The summed E-state index contributed by atoms with van der Waals surface area (Å²) in [5, 5.41) is 5.75. The molecule has 1 atom stereocenters. The van der Waals surface area contributed by atoms with E-state index in [1.165, 1.54) is 0 Å². The molecular formula is C10H23ClN2O2. The average Bonchev–Trinajstić information content (AvgIpc) is 2.15. The van der Waals surface area contributed by atoms with E-state index >= 15 is 0 Å². The number of halogens is 1. The van der Waals surface area contributed by atoms with Gasteiger partial charge in [0, 0.05) is 7.11 Å². The van der Waals surface area contributed by atoms with Gasteiger partial charge in [0.15, 0.2) is 0 Å². The number of carbonyl (C=O) groups excluding carboxylic acids is 1. The maximum atomic E-state index is 11.3. The molecule has 0 heterocycles. The van der Waals surface area contributed by atoms with E-state index < -0.39 is 0 Å². The second-order valence-electron chi connectivity index (χ2n) is 3.39. The molecule has 0 fully saturated rings. The quantitative estimate of drug-likeness (QED) is 0.662. The van der Waals surface area contributed by atoms with Crippen LogP contribution >= 0.6 is 12.4 Å². The highest BCUT2D eigenvalue weighted by Crippen LogP contribution is 2.00. The first kappa shape index (κ1) is 17.1. The molecule has 0 aromatic carbocycles. The predicted molar refractivity (Wildman–Crippen MR) is 64.5 cm³/mol. The minimum absolute atomic E-state index is 0. The van der Waals surface area contributed by atoms with Crippen molar-refractivity contribution in [1.29, 1.82) is 0 Å². The number of hydrogen-bond donors (Lipinski definition) is 2. The van der Waals surface area contributed by atoms with E-state index in [0.29, 0.717) is 13.2 Å². The van der Waals surface area contributed by atoms with Crippen LogP contribution in [0.4, 0.5) is 0 Å². The third-order valence-corrected chi connectivity index (χ3v) is 1.98. The highest BCUT2D eigenvalue weighted by atomic mass is 35.5. The molecule has 0 aliphatic rings. The summed E-state index contributed by atoms with van der Waals surface area (Å²) < 4.78 is 5.04. The standard InChI is InChI=1S/C10H22N2O2.ClH/c1-4-5-6-9(8-14-3)12-10(13)7-11-2;/h9,11H,4-8H2,1-3H3,(H,12,13);1H. The van der Waals surface area contributed by atoms with E-state index in [1.807, 2.05) is 0 Å². The lowest BCUT2D eigenvalue weighted by atomic mass is 10.1. The lowest BCUT2D eigenvalue weighted by Gasteiger charge is -2.17. The smallest absolute Gasteiger partial charge is 0.234 e. The predicted octanol–water partition coefficient (Wildman–Crippen LogP) is 0.949. The van der Waals surface area contributed by atoms with Gasteiger partial charge in [-0.3, -0.25) is 4.79 Å². The number of amides is 1. The summed E-state index contributed by atoms with van der Waals surface area (Å²) in [6.45, 7) is 3.10. The van der Waals surface area contributed by atoms with E-state index in [0.717, 1.165) is 19.3 Å². The van der Waals surface area contributed by atoms with Crippen molar-refractivity contribution in [3.05, 3.63) is 0 Å². The number of hydrogen-bond acceptors (Lipinski definition) is 3. The van der Waals surface area contributed by atoms with Crippen molar-refractivity contribution in [1.82, 2.24) is 10.6 Å². The zero-order valence-electron chi connectivity index (χ0n) is 9.84. The van der Waals surface area contributed by atoms with Crippen molar-refractivity contribution in [2.75, 3.05) is 27.3 Å². The Hall–Kier alpha value is -0.320. The van der Waals surface area contributed by atoms with E-state index in [4.69, 9.17) is 4.74 Å². The maximum Gasteiger partial charge on any atom is 0.234 e. The molecule has 0 bridgehead atoms. The van der Waals surface area contributed by atoms with Gasteiger partial charge in [0.25, 0.3) is 0 Å². The molecule has 0 aliphatic heterocycles. The summed E-state index contributed by atoms with van der Waals surface area (Å²) in [6.07, 6.45) is 3.25. The van der Waals surface area contributed by atoms with Gasteiger partial charge in [-0.05, 0) is 13.5 Å². The number of likely N-dealkylation sites (N-methyl/N-ethyl adjacent to an activating group) is 1. The summed E-state index contributed by atoms with van der Waals surface area (Å²) in [5.74, 6) is 0.0330. The second-order valence-corrected chi connectivity index (χ2v) is 3.39. The third-order valence-electron chi connectivity index (χ3n) is 1.98. The first-order valence-corrected chi connectivity index (χ1v) is 5.17. The molecular weight excluding hydrogens is 216 g/mol. The van der Waals surface area contributed by atoms with Gasteiger partial charge < -0.3 is 15.4 Å². The molecule has 0 spiro atoms. The average molecular weight is 239 g/mol. The van der Waals surface area contributed by atoms with Crippen LogP contribution in [0.3, 0.4) is 0 Å². The molecule has 15 heavy (non-hydrogen) atoms. The van der Waals surface area contributed by atoms with Crippen molar-refractivity contribution in [3.8, 4) is 0 Å². The Bertz CT molecular complexity index is 156. The number of methoxy groups -OCH3 is 1. The van der Waals surface area contributed by atoms with Crippen LogP contribution in [-0.2, 0) is 9.53 Å². The van der Waals surface area contributed by atoms with E-state index in [2.05, 4.69) is 17.6 Å². The van der Waals surface area contributed by atoms with Crippen LogP contribution in [-0.4, -0.2) is 39.3 Å². The summed E-state index contributed by atoms with van der Waals surface area (Å²) >= 11 is 0. The molecule has 1 unspecified atom stereocenters. The van der Waals surface area contributed by atoms with Crippen LogP contribution in [0.2, 0.25) is 0 Å². The van der Waals surface area contributed by atoms with Gasteiger partial charge >= 0.3 is 0 Å². The van der Waals surface area contributed by atoms with Crippen molar-refractivity contribution in [3.63, 3.8) is 0 Å². The number of nitrogens with one attached hydrogen (secondary N) is 2. The zero-order chi connectivity index (χ0) is 10.8. The summed E-state index contributed by atoms with van der Waals surface area (Å²) in [5.41, 5.74) is 0. The molecule has 4 nitrogen and oxygen atoms in total. The molecule has 0 aromatic heterocycles. The second kappa shape index (κ2) is 11.8. The Balaban J connectivity index is 0. The van der Waals surface area contributed by atoms with Gasteiger partial charge in [-0.2, -0.15) is 0 Å². The number of unbranched alkanes of at least 4 members (excludes halogenated alkanes) is 1. The van der Waals surface area contributed by atoms with Crippen LogP contribution in [0.15, 0.2) is 0 Å². The topological polar surface area (TPSA) is 50.4 Å². The van der Waals surface area contributed by atoms with Gasteiger partial charge in [-0.15, -0.1) is 12.4 Å².